The molecule has 0 spiro atoms. The van der Waals surface area contributed by atoms with Gasteiger partial charge in [0.15, 0.2) is 5.78 Å². The van der Waals surface area contributed by atoms with E-state index < -0.39 is 0 Å². The van der Waals surface area contributed by atoms with E-state index in [1.54, 1.807) is 25.1 Å². The SMILES string of the molecule is C=CCNCC(=O)c1ccc(C)c(F)c1. The molecule has 0 radical (unpaired) electrons. The van der Waals surface area contributed by atoms with Crippen molar-refractivity contribution >= 4 is 5.78 Å². The van der Waals surface area contributed by atoms with Gasteiger partial charge in [0.25, 0.3) is 0 Å². The third-order valence-corrected chi connectivity index (χ3v) is 2.07. The molecule has 1 aromatic carbocycles. The van der Waals surface area contributed by atoms with Gasteiger partial charge in [-0.15, -0.1) is 6.58 Å². The summed E-state index contributed by atoms with van der Waals surface area (Å²) in [6.07, 6.45) is 1.67. The molecule has 0 saturated carbocycles. The van der Waals surface area contributed by atoms with E-state index in [2.05, 4.69) is 11.9 Å². The predicted octanol–water partition coefficient (Wildman–Crippen LogP) is 2.09. The number of halogens is 1. The molecule has 15 heavy (non-hydrogen) atoms. The van der Waals surface area contributed by atoms with Crippen LogP contribution in [-0.4, -0.2) is 18.9 Å². The Labute approximate surface area is 88.8 Å². The first-order valence-corrected chi connectivity index (χ1v) is 4.76. The van der Waals surface area contributed by atoms with Crippen LogP contribution in [0, 0.1) is 12.7 Å². The van der Waals surface area contributed by atoms with Gasteiger partial charge < -0.3 is 5.32 Å². The molecule has 0 aromatic heterocycles. The van der Waals surface area contributed by atoms with Crippen LogP contribution in [-0.2, 0) is 0 Å². The number of rotatable bonds is 5. The summed E-state index contributed by atoms with van der Waals surface area (Å²) in [4.78, 5) is 11.5. The van der Waals surface area contributed by atoms with Crippen molar-refractivity contribution in [2.24, 2.45) is 0 Å². The molecule has 0 bridgehead atoms. The second-order valence-corrected chi connectivity index (χ2v) is 3.31. The van der Waals surface area contributed by atoms with Gasteiger partial charge >= 0.3 is 0 Å². The van der Waals surface area contributed by atoms with E-state index in [1.807, 2.05) is 0 Å². The van der Waals surface area contributed by atoms with Crippen LogP contribution in [0.3, 0.4) is 0 Å². The Hall–Kier alpha value is -1.48. The molecular formula is C12H14FNO. The molecule has 0 aliphatic rings. The van der Waals surface area contributed by atoms with Crippen molar-refractivity contribution in [3.63, 3.8) is 0 Å². The molecule has 0 amide bonds. The quantitative estimate of drug-likeness (QED) is 0.455. The highest BCUT2D eigenvalue weighted by Gasteiger charge is 2.06. The van der Waals surface area contributed by atoms with E-state index in [0.717, 1.165) is 0 Å². The lowest BCUT2D eigenvalue weighted by molar-refractivity contribution is 0.0992. The number of nitrogens with one attached hydrogen (secondary N) is 1. The standard InChI is InChI=1S/C12H14FNO/c1-3-6-14-8-12(15)10-5-4-9(2)11(13)7-10/h3-5,7,14H,1,6,8H2,2H3. The van der Waals surface area contributed by atoms with Crippen LogP contribution in [0.2, 0.25) is 0 Å². The van der Waals surface area contributed by atoms with E-state index in [1.165, 1.54) is 6.07 Å². The summed E-state index contributed by atoms with van der Waals surface area (Å²) in [6, 6.07) is 4.51. The summed E-state index contributed by atoms with van der Waals surface area (Å²) in [7, 11) is 0. The number of carbonyl (C=O) groups is 1. The molecule has 1 aromatic rings. The zero-order valence-corrected chi connectivity index (χ0v) is 8.72. The zero-order valence-electron chi connectivity index (χ0n) is 8.72. The first kappa shape index (κ1) is 11.6. The van der Waals surface area contributed by atoms with Gasteiger partial charge in [0, 0.05) is 12.1 Å². The highest BCUT2D eigenvalue weighted by molar-refractivity contribution is 5.97. The van der Waals surface area contributed by atoms with E-state index >= 15 is 0 Å². The lowest BCUT2D eigenvalue weighted by Gasteiger charge is -2.03. The minimum absolute atomic E-state index is 0.115. The number of hydrogen-bond acceptors (Lipinski definition) is 2. The maximum Gasteiger partial charge on any atom is 0.176 e. The summed E-state index contributed by atoms with van der Waals surface area (Å²) in [5.74, 6) is -0.458. The third-order valence-electron chi connectivity index (χ3n) is 2.07. The summed E-state index contributed by atoms with van der Waals surface area (Å²) in [5, 5.41) is 2.88. The van der Waals surface area contributed by atoms with Crippen LogP contribution in [0.25, 0.3) is 0 Å². The maximum atomic E-state index is 13.1. The monoisotopic (exact) mass is 207 g/mol. The summed E-state index contributed by atoms with van der Waals surface area (Å²) >= 11 is 0. The molecule has 0 saturated heterocycles. The summed E-state index contributed by atoms with van der Waals surface area (Å²) < 4.78 is 13.1. The van der Waals surface area contributed by atoms with Gasteiger partial charge in [0.1, 0.15) is 5.82 Å². The minimum atomic E-state index is -0.343. The molecule has 0 unspecified atom stereocenters. The zero-order chi connectivity index (χ0) is 11.3. The number of benzene rings is 1. The predicted molar refractivity (Wildman–Crippen MR) is 58.5 cm³/mol. The van der Waals surface area contributed by atoms with Gasteiger partial charge in [-0.05, 0) is 18.6 Å². The second kappa shape index (κ2) is 5.41. The van der Waals surface area contributed by atoms with E-state index in [4.69, 9.17) is 0 Å². The van der Waals surface area contributed by atoms with Gasteiger partial charge in [0.2, 0.25) is 0 Å². The van der Waals surface area contributed by atoms with Crippen molar-refractivity contribution in [2.45, 2.75) is 6.92 Å². The van der Waals surface area contributed by atoms with Gasteiger partial charge in [0.05, 0.1) is 6.54 Å². The van der Waals surface area contributed by atoms with Crippen molar-refractivity contribution in [3.05, 3.63) is 47.8 Å². The van der Waals surface area contributed by atoms with Gasteiger partial charge in [-0.1, -0.05) is 18.2 Å². The highest BCUT2D eigenvalue weighted by Crippen LogP contribution is 2.09. The Morgan fingerprint density at radius 2 is 2.33 bits per heavy atom. The van der Waals surface area contributed by atoms with Gasteiger partial charge in [-0.3, -0.25) is 4.79 Å². The fourth-order valence-electron chi connectivity index (χ4n) is 1.16. The first-order valence-electron chi connectivity index (χ1n) is 4.76. The number of Topliss-reactive ketones (excluding diaryl/α,β-unsaturated/α-hetero) is 1. The second-order valence-electron chi connectivity index (χ2n) is 3.31. The fourth-order valence-corrected chi connectivity index (χ4v) is 1.16. The lowest BCUT2D eigenvalue weighted by atomic mass is 10.1. The Bertz CT molecular complexity index is 374. The molecule has 0 heterocycles. The van der Waals surface area contributed by atoms with Crippen LogP contribution in [0.4, 0.5) is 4.39 Å². The molecular weight excluding hydrogens is 193 g/mol. The van der Waals surface area contributed by atoms with Crippen molar-refractivity contribution < 1.29 is 9.18 Å². The van der Waals surface area contributed by atoms with Gasteiger partial charge in [-0.25, -0.2) is 4.39 Å². The van der Waals surface area contributed by atoms with E-state index in [-0.39, 0.29) is 18.1 Å². The first-order chi connectivity index (χ1) is 7.15. The number of aryl methyl sites for hydroxylation is 1. The minimum Gasteiger partial charge on any atom is -0.306 e. The Kier molecular flexibility index (Phi) is 4.18. The normalized spacial score (nSPS) is 10.0. The van der Waals surface area contributed by atoms with Crippen molar-refractivity contribution in [1.29, 1.82) is 0 Å². The average Bonchev–Trinajstić information content (AvgIpc) is 2.22. The highest BCUT2D eigenvalue weighted by atomic mass is 19.1. The summed E-state index contributed by atoms with van der Waals surface area (Å²) in [5.41, 5.74) is 0.945. The average molecular weight is 207 g/mol. The van der Waals surface area contributed by atoms with Gasteiger partial charge in [-0.2, -0.15) is 0 Å². The molecule has 0 aliphatic carbocycles. The Morgan fingerprint density at radius 3 is 2.93 bits per heavy atom. The van der Waals surface area contributed by atoms with Crippen LogP contribution in [0.1, 0.15) is 15.9 Å². The molecule has 0 atom stereocenters. The molecule has 2 nitrogen and oxygen atoms in total. The van der Waals surface area contributed by atoms with Crippen molar-refractivity contribution in [1.82, 2.24) is 5.32 Å². The number of ketones is 1. The van der Waals surface area contributed by atoms with Crippen LogP contribution < -0.4 is 5.32 Å². The summed E-state index contributed by atoms with van der Waals surface area (Å²) in [6.45, 7) is 5.96. The van der Waals surface area contributed by atoms with Crippen LogP contribution in [0.15, 0.2) is 30.9 Å². The van der Waals surface area contributed by atoms with Crippen LogP contribution >= 0.6 is 0 Å². The Balaban J connectivity index is 2.65. The van der Waals surface area contributed by atoms with Crippen molar-refractivity contribution in [3.8, 4) is 0 Å². The fraction of sp³-hybridized carbons (Fsp3) is 0.250. The third kappa shape index (κ3) is 3.29. The molecule has 1 rings (SSSR count). The van der Waals surface area contributed by atoms with Crippen molar-refractivity contribution in [2.75, 3.05) is 13.1 Å². The smallest absolute Gasteiger partial charge is 0.176 e. The largest absolute Gasteiger partial charge is 0.306 e. The van der Waals surface area contributed by atoms with E-state index in [9.17, 15) is 9.18 Å². The number of carbonyl (C=O) groups excluding carboxylic acids is 1. The number of hydrogen-bond donors (Lipinski definition) is 1. The molecule has 0 fully saturated rings. The molecule has 3 heteroatoms. The van der Waals surface area contributed by atoms with E-state index in [0.29, 0.717) is 17.7 Å². The Morgan fingerprint density at radius 1 is 1.60 bits per heavy atom. The molecule has 0 aliphatic heterocycles. The lowest BCUT2D eigenvalue weighted by Crippen LogP contribution is -2.23. The molecule has 80 valence electrons. The topological polar surface area (TPSA) is 29.1 Å². The maximum absolute atomic E-state index is 13.1. The molecule has 1 N–H and O–H groups in total. The van der Waals surface area contributed by atoms with Crippen LogP contribution in [0.5, 0.6) is 0 Å².